The third kappa shape index (κ3) is 4.14. The van der Waals surface area contributed by atoms with E-state index < -0.39 is 5.97 Å². The predicted octanol–water partition coefficient (Wildman–Crippen LogP) is 1.31. The van der Waals surface area contributed by atoms with Gasteiger partial charge in [-0.05, 0) is 18.6 Å². The Balaban J connectivity index is 2.55. The Bertz CT molecular complexity index is 418. The summed E-state index contributed by atoms with van der Waals surface area (Å²) in [6.07, 6.45) is -0.185. The van der Waals surface area contributed by atoms with E-state index in [0.717, 1.165) is 5.56 Å². The molecule has 4 N–H and O–H groups in total. The van der Waals surface area contributed by atoms with Crippen LogP contribution < -0.4 is 11.1 Å². The van der Waals surface area contributed by atoms with Crippen LogP contribution in [0.5, 0.6) is 0 Å². The third-order valence-electron chi connectivity index (χ3n) is 2.41. The van der Waals surface area contributed by atoms with Crippen LogP contribution in [0.25, 0.3) is 0 Å². The van der Waals surface area contributed by atoms with Gasteiger partial charge >= 0.3 is 5.97 Å². The van der Waals surface area contributed by atoms with Gasteiger partial charge in [0.05, 0.1) is 12.5 Å². The lowest BCUT2D eigenvalue weighted by molar-refractivity contribution is -0.138. The average molecular weight is 236 g/mol. The van der Waals surface area contributed by atoms with Crippen molar-refractivity contribution in [2.45, 2.75) is 25.8 Å². The molecule has 0 spiro atoms. The number of amides is 1. The van der Waals surface area contributed by atoms with Gasteiger partial charge in [-0.15, -0.1) is 0 Å². The molecule has 0 heterocycles. The molecule has 1 unspecified atom stereocenters. The first-order valence-electron chi connectivity index (χ1n) is 5.36. The van der Waals surface area contributed by atoms with Gasteiger partial charge in [0.1, 0.15) is 0 Å². The average Bonchev–Trinajstić information content (AvgIpc) is 2.26. The molecular weight excluding hydrogens is 220 g/mol. The molecule has 0 fully saturated rings. The number of para-hydroxylation sites is 1. The van der Waals surface area contributed by atoms with Gasteiger partial charge in [0.15, 0.2) is 0 Å². The summed E-state index contributed by atoms with van der Waals surface area (Å²) in [6, 6.07) is 7.02. The number of aliphatic carboxylic acids is 1. The monoisotopic (exact) mass is 236 g/mol. The molecule has 5 nitrogen and oxygen atoms in total. The maximum atomic E-state index is 11.4. The van der Waals surface area contributed by atoms with Crippen LogP contribution in [0.2, 0.25) is 0 Å². The number of nitrogens with one attached hydrogen (secondary N) is 1. The van der Waals surface area contributed by atoms with E-state index in [9.17, 15) is 9.59 Å². The molecule has 1 aromatic carbocycles. The van der Waals surface area contributed by atoms with Crippen molar-refractivity contribution < 1.29 is 14.7 Å². The van der Waals surface area contributed by atoms with E-state index in [2.05, 4.69) is 5.32 Å². The minimum atomic E-state index is -0.980. The van der Waals surface area contributed by atoms with Crippen molar-refractivity contribution in [2.75, 3.05) is 5.73 Å². The van der Waals surface area contributed by atoms with Crippen molar-refractivity contribution in [2.24, 2.45) is 0 Å². The Morgan fingerprint density at radius 2 is 2.00 bits per heavy atom. The minimum Gasteiger partial charge on any atom is -0.481 e. The van der Waals surface area contributed by atoms with Gasteiger partial charge < -0.3 is 16.2 Å². The molecule has 1 rings (SSSR count). The second-order valence-corrected chi connectivity index (χ2v) is 3.81. The first-order chi connectivity index (χ1) is 8.00. The molecular formula is C12H16N2O3. The standard InChI is InChI=1S/C12H16N2O3/c1-8(9-4-2-3-5-10(9)13)14-11(15)6-7-12(16)17/h2-5,8H,6-7,13H2,1H3,(H,14,15)(H,16,17). The zero-order valence-electron chi connectivity index (χ0n) is 9.64. The number of rotatable bonds is 5. The lowest BCUT2D eigenvalue weighted by Crippen LogP contribution is -2.27. The smallest absolute Gasteiger partial charge is 0.303 e. The summed E-state index contributed by atoms with van der Waals surface area (Å²) in [4.78, 5) is 21.7. The zero-order valence-corrected chi connectivity index (χ0v) is 9.64. The Labute approximate surface area is 99.6 Å². The maximum Gasteiger partial charge on any atom is 0.303 e. The molecule has 0 radical (unpaired) electrons. The van der Waals surface area contributed by atoms with Crippen molar-refractivity contribution in [3.63, 3.8) is 0 Å². The number of anilines is 1. The highest BCUT2D eigenvalue weighted by atomic mass is 16.4. The van der Waals surface area contributed by atoms with Gasteiger partial charge in [0.2, 0.25) is 5.91 Å². The Morgan fingerprint density at radius 3 is 2.59 bits per heavy atom. The number of nitrogen functional groups attached to an aromatic ring is 1. The van der Waals surface area contributed by atoms with E-state index in [1.807, 2.05) is 25.1 Å². The number of nitrogens with two attached hydrogens (primary N) is 1. The molecule has 0 saturated heterocycles. The lowest BCUT2D eigenvalue weighted by Gasteiger charge is -2.15. The van der Waals surface area contributed by atoms with Crippen LogP contribution in [-0.2, 0) is 9.59 Å². The van der Waals surface area contributed by atoms with Gasteiger partial charge in [0, 0.05) is 12.1 Å². The Hall–Kier alpha value is -2.04. The number of carboxylic acid groups (broad SMARTS) is 1. The van der Waals surface area contributed by atoms with Crippen LogP contribution in [0.15, 0.2) is 24.3 Å². The predicted molar refractivity (Wildman–Crippen MR) is 64.3 cm³/mol. The fourth-order valence-electron chi connectivity index (χ4n) is 1.52. The fourth-order valence-corrected chi connectivity index (χ4v) is 1.52. The highest BCUT2D eigenvalue weighted by molar-refractivity contribution is 5.81. The van der Waals surface area contributed by atoms with E-state index >= 15 is 0 Å². The topological polar surface area (TPSA) is 92.4 Å². The third-order valence-corrected chi connectivity index (χ3v) is 2.41. The number of hydrogen-bond acceptors (Lipinski definition) is 3. The van der Waals surface area contributed by atoms with Crippen molar-refractivity contribution in [1.29, 1.82) is 0 Å². The molecule has 0 bridgehead atoms. The van der Waals surface area contributed by atoms with Crippen molar-refractivity contribution in [1.82, 2.24) is 5.32 Å². The van der Waals surface area contributed by atoms with Crippen molar-refractivity contribution in [3.8, 4) is 0 Å². The zero-order chi connectivity index (χ0) is 12.8. The molecule has 1 amide bonds. The maximum absolute atomic E-state index is 11.4. The highest BCUT2D eigenvalue weighted by Crippen LogP contribution is 2.19. The Kier molecular flexibility index (Phi) is 4.51. The minimum absolute atomic E-state index is 0.0214. The molecule has 5 heteroatoms. The second kappa shape index (κ2) is 5.89. The molecule has 0 aliphatic carbocycles. The van der Waals surface area contributed by atoms with Crippen LogP contribution in [0.1, 0.15) is 31.4 Å². The summed E-state index contributed by atoms with van der Waals surface area (Å²) in [6.45, 7) is 1.81. The van der Waals surface area contributed by atoms with Crippen LogP contribution >= 0.6 is 0 Å². The normalized spacial score (nSPS) is 11.8. The number of carbonyl (C=O) groups is 2. The van der Waals surface area contributed by atoms with Crippen LogP contribution in [0.4, 0.5) is 5.69 Å². The van der Waals surface area contributed by atoms with Crippen molar-refractivity contribution >= 4 is 17.6 Å². The molecule has 0 saturated carbocycles. The van der Waals surface area contributed by atoms with Crippen LogP contribution in [-0.4, -0.2) is 17.0 Å². The molecule has 0 aliphatic heterocycles. The van der Waals surface area contributed by atoms with Gasteiger partial charge in [0.25, 0.3) is 0 Å². The summed E-state index contributed by atoms with van der Waals surface area (Å²) in [5, 5.41) is 11.2. The van der Waals surface area contributed by atoms with Crippen LogP contribution in [0, 0.1) is 0 Å². The fraction of sp³-hybridized carbons (Fsp3) is 0.333. The van der Waals surface area contributed by atoms with Crippen LogP contribution in [0.3, 0.4) is 0 Å². The SMILES string of the molecule is CC(NC(=O)CCC(=O)O)c1ccccc1N. The quantitative estimate of drug-likeness (QED) is 0.672. The van der Waals surface area contributed by atoms with E-state index in [0.29, 0.717) is 5.69 Å². The van der Waals surface area contributed by atoms with E-state index in [-0.39, 0.29) is 24.8 Å². The largest absolute Gasteiger partial charge is 0.481 e. The lowest BCUT2D eigenvalue weighted by atomic mass is 10.1. The number of hydrogen-bond donors (Lipinski definition) is 3. The summed E-state index contributed by atoms with van der Waals surface area (Å²) in [5.74, 6) is -1.27. The second-order valence-electron chi connectivity index (χ2n) is 3.81. The summed E-state index contributed by atoms with van der Waals surface area (Å²) in [5.41, 5.74) is 7.21. The van der Waals surface area contributed by atoms with Crippen molar-refractivity contribution in [3.05, 3.63) is 29.8 Å². The first-order valence-corrected chi connectivity index (χ1v) is 5.36. The molecule has 92 valence electrons. The van der Waals surface area contributed by atoms with Gasteiger partial charge in [-0.3, -0.25) is 9.59 Å². The summed E-state index contributed by atoms with van der Waals surface area (Å²) < 4.78 is 0. The summed E-state index contributed by atoms with van der Waals surface area (Å²) in [7, 11) is 0. The van der Waals surface area contributed by atoms with Gasteiger partial charge in [-0.25, -0.2) is 0 Å². The molecule has 1 atom stereocenters. The van der Waals surface area contributed by atoms with E-state index in [4.69, 9.17) is 10.8 Å². The number of carbonyl (C=O) groups excluding carboxylic acids is 1. The summed E-state index contributed by atoms with van der Waals surface area (Å²) >= 11 is 0. The molecule has 1 aromatic rings. The van der Waals surface area contributed by atoms with E-state index in [1.54, 1.807) is 6.07 Å². The molecule has 17 heavy (non-hydrogen) atoms. The van der Waals surface area contributed by atoms with E-state index in [1.165, 1.54) is 0 Å². The molecule has 0 aromatic heterocycles. The molecule has 0 aliphatic rings. The van der Waals surface area contributed by atoms with Gasteiger partial charge in [-0.2, -0.15) is 0 Å². The van der Waals surface area contributed by atoms with Gasteiger partial charge in [-0.1, -0.05) is 18.2 Å². The number of benzene rings is 1. The first kappa shape index (κ1) is 13.0. The highest BCUT2D eigenvalue weighted by Gasteiger charge is 2.12. The number of carboxylic acids is 1. The Morgan fingerprint density at radius 1 is 1.35 bits per heavy atom.